The maximum Gasteiger partial charge on any atom is 0.235 e. The number of aliphatic imine (C=N–C) groups is 1. The Kier molecular flexibility index (Phi) is 3.27. The number of hydrogen-bond donors (Lipinski definition) is 0. The summed E-state index contributed by atoms with van der Waals surface area (Å²) in [6, 6.07) is 4.13. The highest BCUT2D eigenvalue weighted by Gasteiger charge is 2.47. The SMILES string of the molecule is COc1c(C)ccc(C2(N=C=O)CC2)c1C(C)C. The van der Waals surface area contributed by atoms with E-state index in [1.807, 2.05) is 13.0 Å². The molecule has 1 saturated carbocycles. The standard InChI is InChI=1S/C15H19NO2/c1-10(2)13-12(15(7-8-15)16-9-17)6-5-11(3)14(13)18-4/h5-6,10H,7-8H2,1-4H3. The lowest BCUT2D eigenvalue weighted by Gasteiger charge is -2.21. The van der Waals surface area contributed by atoms with E-state index in [9.17, 15) is 4.79 Å². The van der Waals surface area contributed by atoms with Gasteiger partial charge in [-0.25, -0.2) is 4.79 Å². The largest absolute Gasteiger partial charge is 0.496 e. The minimum atomic E-state index is -0.331. The third-order valence-electron chi connectivity index (χ3n) is 3.66. The van der Waals surface area contributed by atoms with Crippen LogP contribution in [0.4, 0.5) is 0 Å². The molecule has 0 N–H and O–H groups in total. The van der Waals surface area contributed by atoms with Crippen molar-refractivity contribution in [2.75, 3.05) is 7.11 Å². The molecule has 2 rings (SSSR count). The molecule has 3 heteroatoms. The highest BCUT2D eigenvalue weighted by atomic mass is 16.5. The zero-order chi connectivity index (χ0) is 13.3. The molecule has 1 aromatic rings. The van der Waals surface area contributed by atoms with Gasteiger partial charge in [-0.2, -0.15) is 4.99 Å². The number of nitrogens with zero attached hydrogens (tertiary/aromatic N) is 1. The Bertz CT molecular complexity index is 509. The summed E-state index contributed by atoms with van der Waals surface area (Å²) in [5.74, 6) is 1.27. The van der Waals surface area contributed by atoms with Crippen LogP contribution < -0.4 is 4.74 Å². The van der Waals surface area contributed by atoms with E-state index in [-0.39, 0.29) is 5.54 Å². The maximum absolute atomic E-state index is 10.6. The fraction of sp³-hybridized carbons (Fsp3) is 0.533. The van der Waals surface area contributed by atoms with Gasteiger partial charge in [-0.15, -0.1) is 0 Å². The van der Waals surface area contributed by atoms with E-state index in [2.05, 4.69) is 24.9 Å². The molecule has 0 heterocycles. The van der Waals surface area contributed by atoms with Crippen molar-refractivity contribution in [3.8, 4) is 5.75 Å². The molecule has 1 aliphatic rings. The first kappa shape index (κ1) is 12.8. The third-order valence-corrected chi connectivity index (χ3v) is 3.66. The zero-order valence-electron chi connectivity index (χ0n) is 11.4. The van der Waals surface area contributed by atoms with Crippen LogP contribution in [0.25, 0.3) is 0 Å². The summed E-state index contributed by atoms with van der Waals surface area (Å²) >= 11 is 0. The maximum atomic E-state index is 10.6. The summed E-state index contributed by atoms with van der Waals surface area (Å²) in [6.45, 7) is 6.32. The summed E-state index contributed by atoms with van der Waals surface area (Å²) in [4.78, 5) is 14.6. The Morgan fingerprint density at radius 3 is 2.50 bits per heavy atom. The van der Waals surface area contributed by atoms with Gasteiger partial charge in [0.05, 0.1) is 12.6 Å². The van der Waals surface area contributed by atoms with Crippen molar-refractivity contribution in [1.82, 2.24) is 0 Å². The normalized spacial score (nSPS) is 16.3. The highest BCUT2D eigenvalue weighted by Crippen LogP contribution is 2.53. The van der Waals surface area contributed by atoms with Gasteiger partial charge in [-0.3, -0.25) is 0 Å². The smallest absolute Gasteiger partial charge is 0.235 e. The Balaban J connectivity index is 2.65. The Hall–Kier alpha value is -1.60. The molecule has 0 bridgehead atoms. The lowest BCUT2D eigenvalue weighted by Crippen LogP contribution is -2.10. The molecule has 0 unspecified atom stereocenters. The minimum absolute atomic E-state index is 0.331. The third kappa shape index (κ3) is 1.95. The van der Waals surface area contributed by atoms with Gasteiger partial charge < -0.3 is 4.74 Å². The minimum Gasteiger partial charge on any atom is -0.496 e. The van der Waals surface area contributed by atoms with Crippen molar-refractivity contribution in [1.29, 1.82) is 0 Å². The lowest BCUT2D eigenvalue weighted by molar-refractivity contribution is 0.402. The summed E-state index contributed by atoms with van der Waals surface area (Å²) < 4.78 is 5.54. The van der Waals surface area contributed by atoms with Gasteiger partial charge in [0.1, 0.15) is 5.75 Å². The fourth-order valence-electron chi connectivity index (χ4n) is 2.61. The monoisotopic (exact) mass is 245 g/mol. The van der Waals surface area contributed by atoms with Crippen LogP contribution in [0.5, 0.6) is 5.75 Å². The van der Waals surface area contributed by atoms with Crippen LogP contribution in [0.2, 0.25) is 0 Å². The first-order valence-corrected chi connectivity index (χ1v) is 6.32. The average molecular weight is 245 g/mol. The summed E-state index contributed by atoms with van der Waals surface area (Å²) in [5, 5.41) is 0. The number of benzene rings is 1. The molecular weight excluding hydrogens is 226 g/mol. The molecule has 18 heavy (non-hydrogen) atoms. The predicted octanol–water partition coefficient (Wildman–Crippen LogP) is 3.45. The molecular formula is C15H19NO2. The molecule has 3 nitrogen and oxygen atoms in total. The molecule has 0 radical (unpaired) electrons. The van der Waals surface area contributed by atoms with E-state index in [0.29, 0.717) is 5.92 Å². The van der Waals surface area contributed by atoms with Crippen LogP contribution in [-0.2, 0) is 10.3 Å². The second-order valence-electron chi connectivity index (χ2n) is 5.27. The Morgan fingerprint density at radius 2 is 2.06 bits per heavy atom. The number of methoxy groups -OCH3 is 1. The number of ether oxygens (including phenoxy) is 1. The van der Waals surface area contributed by atoms with Crippen LogP contribution >= 0.6 is 0 Å². The first-order chi connectivity index (χ1) is 8.55. The molecule has 0 aromatic heterocycles. The summed E-state index contributed by atoms with van der Waals surface area (Å²) in [7, 11) is 1.69. The van der Waals surface area contributed by atoms with Crippen LogP contribution in [0, 0.1) is 6.92 Å². The van der Waals surface area contributed by atoms with Gasteiger partial charge in [0.2, 0.25) is 6.08 Å². The van der Waals surface area contributed by atoms with Crippen molar-refractivity contribution in [3.05, 3.63) is 28.8 Å². The van der Waals surface area contributed by atoms with Gasteiger partial charge >= 0.3 is 0 Å². The fourth-order valence-corrected chi connectivity index (χ4v) is 2.61. The number of hydrogen-bond acceptors (Lipinski definition) is 3. The van der Waals surface area contributed by atoms with Crippen molar-refractivity contribution in [2.45, 2.75) is 45.1 Å². The van der Waals surface area contributed by atoms with Crippen molar-refractivity contribution in [2.24, 2.45) is 4.99 Å². The predicted molar refractivity (Wildman–Crippen MR) is 70.9 cm³/mol. The van der Waals surface area contributed by atoms with Crippen molar-refractivity contribution >= 4 is 6.08 Å². The number of aryl methyl sites for hydroxylation is 1. The van der Waals surface area contributed by atoms with Gasteiger partial charge in [-0.1, -0.05) is 26.0 Å². The molecule has 1 fully saturated rings. The van der Waals surface area contributed by atoms with Crippen molar-refractivity contribution < 1.29 is 9.53 Å². The van der Waals surface area contributed by atoms with E-state index in [0.717, 1.165) is 29.7 Å². The number of rotatable bonds is 4. The molecule has 0 saturated heterocycles. The topological polar surface area (TPSA) is 38.7 Å². The summed E-state index contributed by atoms with van der Waals surface area (Å²) in [6.07, 6.45) is 3.57. The van der Waals surface area contributed by atoms with E-state index < -0.39 is 0 Å². The van der Waals surface area contributed by atoms with Gasteiger partial charge in [0.25, 0.3) is 0 Å². The first-order valence-electron chi connectivity index (χ1n) is 6.32. The van der Waals surface area contributed by atoms with Crippen LogP contribution in [0.1, 0.15) is 49.3 Å². The lowest BCUT2D eigenvalue weighted by atomic mass is 9.89. The van der Waals surface area contributed by atoms with E-state index in [1.54, 1.807) is 13.2 Å². The van der Waals surface area contributed by atoms with Gasteiger partial charge in [0.15, 0.2) is 0 Å². The zero-order valence-corrected chi connectivity index (χ0v) is 11.4. The highest BCUT2D eigenvalue weighted by molar-refractivity contribution is 5.53. The Labute approximate surface area is 108 Å². The molecule has 0 spiro atoms. The summed E-state index contributed by atoms with van der Waals surface area (Å²) in [5.41, 5.74) is 3.09. The molecule has 1 aliphatic carbocycles. The van der Waals surface area contributed by atoms with E-state index in [4.69, 9.17) is 4.74 Å². The molecule has 96 valence electrons. The Morgan fingerprint density at radius 1 is 1.39 bits per heavy atom. The van der Waals surface area contributed by atoms with E-state index in [1.165, 1.54) is 5.56 Å². The molecule has 0 amide bonds. The van der Waals surface area contributed by atoms with Crippen LogP contribution in [0.15, 0.2) is 17.1 Å². The molecule has 0 aliphatic heterocycles. The van der Waals surface area contributed by atoms with Gasteiger partial charge in [-0.05, 0) is 36.8 Å². The molecule has 1 aromatic carbocycles. The van der Waals surface area contributed by atoms with Crippen LogP contribution in [-0.4, -0.2) is 13.2 Å². The van der Waals surface area contributed by atoms with Crippen LogP contribution in [0.3, 0.4) is 0 Å². The van der Waals surface area contributed by atoms with Gasteiger partial charge in [0, 0.05) is 5.56 Å². The molecule has 0 atom stereocenters. The second kappa shape index (κ2) is 4.58. The number of carbonyl (C=O) groups excluding carboxylic acids is 1. The quantitative estimate of drug-likeness (QED) is 0.602. The average Bonchev–Trinajstić information content (AvgIpc) is 3.09. The number of isocyanates is 1. The second-order valence-corrected chi connectivity index (χ2v) is 5.27. The van der Waals surface area contributed by atoms with Crippen molar-refractivity contribution in [3.63, 3.8) is 0 Å². The van der Waals surface area contributed by atoms with E-state index >= 15 is 0 Å².